The summed E-state index contributed by atoms with van der Waals surface area (Å²) in [5.74, 6) is 0.279. The van der Waals surface area contributed by atoms with E-state index in [2.05, 4.69) is 284 Å². The minimum Gasteiger partial charge on any atom is -0.333 e. The third-order valence-electron chi connectivity index (χ3n) is 14.3. The highest BCUT2D eigenvalue weighted by molar-refractivity contribution is 5.97. The molecule has 0 fully saturated rings. The van der Waals surface area contributed by atoms with Gasteiger partial charge in [-0.15, -0.1) is 0 Å². The summed E-state index contributed by atoms with van der Waals surface area (Å²) in [5.41, 5.74) is 16.8. The second-order valence-corrected chi connectivity index (χ2v) is 18.2. The molecule has 0 amide bonds. The highest BCUT2D eigenvalue weighted by Gasteiger charge is 2.42. The number of hydrogen-bond donors (Lipinski definition) is 0. The first-order valence-corrected chi connectivity index (χ1v) is 23.5. The summed E-state index contributed by atoms with van der Waals surface area (Å²) in [7, 11) is 0. The Labute approximate surface area is 394 Å². The number of hydrogen-bond acceptors (Lipinski definition) is 2. The standard InChI is InChI=1S/C65H50N2/c1-65(43-14-13-31-61(65)51-21-7-3-8-22-51)67(55-40-37-48(38-41-55)47-33-35-50(36-34-47)58-29-16-23-49-20-11-12-28-57(49)58)56-27-15-24-53(44-56)59-30-17-32-62-64(59)60-42-39-52(46-18-5-2-6-19-46)45-63(60)66(62)54-25-9-4-10-26-54/h2-45,60-61,63H,1H3. The molecule has 4 atom stereocenters. The fourth-order valence-electron chi connectivity index (χ4n) is 11.1. The molecule has 2 heteroatoms. The molecule has 0 N–H and O–H groups in total. The van der Waals surface area contributed by atoms with Crippen molar-refractivity contribution >= 4 is 39.1 Å². The van der Waals surface area contributed by atoms with Crippen LogP contribution in [0.1, 0.15) is 35.4 Å². The fourth-order valence-corrected chi connectivity index (χ4v) is 11.1. The molecule has 9 aromatic rings. The number of nitrogens with zero attached hydrogens (tertiary/aromatic N) is 2. The molecule has 0 saturated carbocycles. The number of para-hydroxylation sites is 1. The van der Waals surface area contributed by atoms with Gasteiger partial charge in [-0.1, -0.05) is 225 Å². The van der Waals surface area contributed by atoms with Crippen molar-refractivity contribution in [2.75, 3.05) is 9.80 Å². The largest absolute Gasteiger partial charge is 0.333 e. The van der Waals surface area contributed by atoms with Crippen LogP contribution in [0.25, 0.3) is 49.7 Å². The second-order valence-electron chi connectivity index (χ2n) is 18.2. The molecule has 320 valence electrons. The normalized spacial score (nSPS) is 19.2. The van der Waals surface area contributed by atoms with Crippen LogP contribution in [-0.4, -0.2) is 11.6 Å². The minimum absolute atomic E-state index is 0.0998. The van der Waals surface area contributed by atoms with Gasteiger partial charge in [-0.05, 0) is 116 Å². The number of anilines is 4. The Morgan fingerprint density at radius 2 is 1.10 bits per heavy atom. The molecule has 0 radical (unpaired) electrons. The van der Waals surface area contributed by atoms with Crippen LogP contribution in [0.15, 0.2) is 267 Å². The quantitative estimate of drug-likeness (QED) is 0.143. The van der Waals surface area contributed by atoms with Crippen LogP contribution in [-0.2, 0) is 0 Å². The smallest absolute Gasteiger partial charge is 0.0711 e. The molecule has 0 bridgehead atoms. The molecule has 0 spiro atoms. The molecule has 1 aliphatic heterocycles. The number of allylic oxidation sites excluding steroid dienone is 4. The van der Waals surface area contributed by atoms with Crippen molar-refractivity contribution in [2.24, 2.45) is 0 Å². The summed E-state index contributed by atoms with van der Waals surface area (Å²) in [6, 6.07) is 82.4. The van der Waals surface area contributed by atoms with E-state index in [1.165, 1.54) is 77.8 Å². The van der Waals surface area contributed by atoms with Crippen molar-refractivity contribution in [3.8, 4) is 33.4 Å². The molecule has 1 heterocycles. The van der Waals surface area contributed by atoms with E-state index in [1.807, 2.05) is 0 Å². The van der Waals surface area contributed by atoms with Gasteiger partial charge in [0.2, 0.25) is 0 Å². The third kappa shape index (κ3) is 7.23. The van der Waals surface area contributed by atoms with Crippen LogP contribution in [0.2, 0.25) is 0 Å². The Hall–Kier alpha value is -8.20. The third-order valence-corrected chi connectivity index (χ3v) is 14.3. The van der Waals surface area contributed by atoms with Gasteiger partial charge in [0, 0.05) is 34.6 Å². The predicted molar refractivity (Wildman–Crippen MR) is 283 cm³/mol. The van der Waals surface area contributed by atoms with E-state index in [4.69, 9.17) is 0 Å². The van der Waals surface area contributed by atoms with Gasteiger partial charge in [-0.3, -0.25) is 0 Å². The zero-order chi connectivity index (χ0) is 44.7. The van der Waals surface area contributed by atoms with E-state index in [1.54, 1.807) is 0 Å². The van der Waals surface area contributed by atoms with Gasteiger partial charge in [-0.2, -0.15) is 0 Å². The summed E-state index contributed by atoms with van der Waals surface area (Å²) in [5, 5.41) is 2.53. The van der Waals surface area contributed by atoms with E-state index >= 15 is 0 Å². The Morgan fingerprint density at radius 1 is 0.478 bits per heavy atom. The molecule has 67 heavy (non-hydrogen) atoms. The van der Waals surface area contributed by atoms with Crippen LogP contribution in [0, 0.1) is 0 Å². The number of rotatable bonds is 9. The first-order valence-electron chi connectivity index (χ1n) is 23.5. The van der Waals surface area contributed by atoms with Crippen molar-refractivity contribution < 1.29 is 0 Å². The summed E-state index contributed by atoms with van der Waals surface area (Å²) in [6.45, 7) is 2.39. The van der Waals surface area contributed by atoms with Gasteiger partial charge in [0.05, 0.1) is 11.6 Å². The first kappa shape index (κ1) is 40.3. The van der Waals surface area contributed by atoms with Gasteiger partial charge in [0.15, 0.2) is 0 Å². The van der Waals surface area contributed by atoms with Gasteiger partial charge >= 0.3 is 0 Å². The molecule has 9 aromatic carbocycles. The van der Waals surface area contributed by atoms with Gasteiger partial charge in [-0.25, -0.2) is 0 Å². The Bertz CT molecular complexity index is 3360. The lowest BCUT2D eigenvalue weighted by Crippen LogP contribution is -2.47. The maximum Gasteiger partial charge on any atom is 0.0711 e. The maximum absolute atomic E-state index is 2.57. The summed E-state index contributed by atoms with van der Waals surface area (Å²) < 4.78 is 0. The lowest BCUT2D eigenvalue weighted by molar-refractivity contribution is 0.506. The fraction of sp³-hybridized carbons (Fsp3) is 0.0769. The summed E-state index contributed by atoms with van der Waals surface area (Å²) in [6.07, 6.45) is 16.4. The van der Waals surface area contributed by atoms with Crippen molar-refractivity contribution in [3.63, 3.8) is 0 Å². The maximum atomic E-state index is 2.57. The Morgan fingerprint density at radius 3 is 1.90 bits per heavy atom. The van der Waals surface area contributed by atoms with E-state index < -0.39 is 5.54 Å². The predicted octanol–water partition coefficient (Wildman–Crippen LogP) is 16.9. The minimum atomic E-state index is -0.436. The molecule has 4 unspecified atom stereocenters. The van der Waals surface area contributed by atoms with Crippen molar-refractivity contribution in [1.82, 2.24) is 0 Å². The average Bonchev–Trinajstić information content (AvgIpc) is 3.74. The van der Waals surface area contributed by atoms with Crippen LogP contribution in [0.5, 0.6) is 0 Å². The molecule has 0 saturated heterocycles. The average molecular weight is 859 g/mol. The highest BCUT2D eigenvalue weighted by atomic mass is 15.2. The lowest BCUT2D eigenvalue weighted by atomic mass is 9.75. The van der Waals surface area contributed by atoms with Crippen molar-refractivity contribution in [3.05, 3.63) is 284 Å². The summed E-state index contributed by atoms with van der Waals surface area (Å²) in [4.78, 5) is 5.12. The molecule has 12 rings (SSSR count). The zero-order valence-corrected chi connectivity index (χ0v) is 37.5. The van der Waals surface area contributed by atoms with Gasteiger partial charge in [0.1, 0.15) is 0 Å². The topological polar surface area (TPSA) is 6.48 Å². The number of fused-ring (bicyclic) bond motifs is 4. The molecular formula is C65H50N2. The SMILES string of the molecule is CC1(N(c2ccc(-c3ccc(-c4cccc5ccccc45)cc3)cc2)c2cccc(-c3cccc4c3C3C=CC(c5ccccc5)=CC3N4c3ccccc3)c2)C=CC=CC1c1ccccc1. The van der Waals surface area contributed by atoms with Crippen molar-refractivity contribution in [2.45, 2.75) is 30.3 Å². The number of benzene rings is 9. The van der Waals surface area contributed by atoms with E-state index in [9.17, 15) is 0 Å². The van der Waals surface area contributed by atoms with Crippen LogP contribution < -0.4 is 9.80 Å². The summed E-state index contributed by atoms with van der Waals surface area (Å²) >= 11 is 0. The van der Waals surface area contributed by atoms with Gasteiger partial charge in [0.25, 0.3) is 0 Å². The molecule has 3 aliphatic rings. The lowest BCUT2D eigenvalue weighted by Gasteiger charge is -2.47. The molecule has 2 nitrogen and oxygen atoms in total. The zero-order valence-electron chi connectivity index (χ0n) is 37.5. The first-order chi connectivity index (χ1) is 33.1. The van der Waals surface area contributed by atoms with E-state index in [0.29, 0.717) is 0 Å². The molecule has 2 aliphatic carbocycles. The van der Waals surface area contributed by atoms with Crippen LogP contribution >= 0.6 is 0 Å². The Balaban J connectivity index is 0.950. The Kier molecular flexibility index (Phi) is 10.2. The van der Waals surface area contributed by atoms with Crippen LogP contribution in [0.4, 0.5) is 22.7 Å². The van der Waals surface area contributed by atoms with Crippen molar-refractivity contribution in [1.29, 1.82) is 0 Å². The molecule has 0 aromatic heterocycles. The molecular weight excluding hydrogens is 809 g/mol. The monoisotopic (exact) mass is 858 g/mol. The van der Waals surface area contributed by atoms with E-state index in [0.717, 1.165) is 11.4 Å². The van der Waals surface area contributed by atoms with Gasteiger partial charge < -0.3 is 9.80 Å². The second kappa shape index (κ2) is 17.0. The highest BCUT2D eigenvalue weighted by Crippen LogP contribution is 2.53. The van der Waals surface area contributed by atoms with Crippen LogP contribution in [0.3, 0.4) is 0 Å². The van der Waals surface area contributed by atoms with E-state index in [-0.39, 0.29) is 17.9 Å².